The second-order valence-electron chi connectivity index (χ2n) is 8.48. The first-order chi connectivity index (χ1) is 16.0. The Hall–Kier alpha value is -3.71. The van der Waals surface area contributed by atoms with Crippen molar-refractivity contribution in [1.82, 2.24) is 9.88 Å². The van der Waals surface area contributed by atoms with Gasteiger partial charge in [-0.05, 0) is 36.6 Å². The van der Waals surface area contributed by atoms with Crippen molar-refractivity contribution in [3.05, 3.63) is 82.9 Å². The van der Waals surface area contributed by atoms with Gasteiger partial charge in [-0.3, -0.25) is 9.59 Å². The molecule has 5 rings (SSSR count). The number of para-hydroxylation sites is 1. The number of likely N-dealkylation sites (tertiary alicyclic amines) is 1. The highest BCUT2D eigenvalue weighted by Crippen LogP contribution is 2.30. The molecule has 33 heavy (non-hydrogen) atoms. The van der Waals surface area contributed by atoms with Crippen LogP contribution >= 0.6 is 11.3 Å². The maximum atomic E-state index is 13.2. The molecular formula is C26H24N4O2S. The zero-order chi connectivity index (χ0) is 22.9. The first-order valence-electron chi connectivity index (χ1n) is 10.9. The third kappa shape index (κ3) is 4.19. The van der Waals surface area contributed by atoms with Crippen molar-refractivity contribution in [2.45, 2.75) is 13.8 Å². The second-order valence-corrected chi connectivity index (χ2v) is 9.39. The number of aromatic nitrogens is 1. The van der Waals surface area contributed by atoms with Gasteiger partial charge < -0.3 is 15.5 Å². The van der Waals surface area contributed by atoms with Crippen molar-refractivity contribution < 1.29 is 9.59 Å². The number of rotatable bonds is 5. The van der Waals surface area contributed by atoms with Crippen LogP contribution in [-0.4, -0.2) is 34.8 Å². The fourth-order valence-electron chi connectivity index (χ4n) is 4.01. The van der Waals surface area contributed by atoms with Gasteiger partial charge in [0.2, 0.25) is 0 Å². The number of fused-ring (bicyclic) bond motifs is 1. The number of hydrogen-bond acceptors (Lipinski definition) is 5. The van der Waals surface area contributed by atoms with Crippen molar-refractivity contribution in [1.29, 1.82) is 0 Å². The summed E-state index contributed by atoms with van der Waals surface area (Å²) in [5, 5.41) is 9.07. The number of amides is 2. The zero-order valence-corrected chi connectivity index (χ0v) is 19.3. The molecule has 1 aliphatic heterocycles. The first-order valence-corrected chi connectivity index (χ1v) is 11.8. The van der Waals surface area contributed by atoms with E-state index in [0.29, 0.717) is 28.6 Å². The van der Waals surface area contributed by atoms with Gasteiger partial charge in [0.1, 0.15) is 0 Å². The van der Waals surface area contributed by atoms with Crippen molar-refractivity contribution in [2.24, 2.45) is 5.92 Å². The monoisotopic (exact) mass is 456 g/mol. The van der Waals surface area contributed by atoms with Crippen LogP contribution < -0.4 is 10.6 Å². The molecule has 0 unspecified atom stereocenters. The summed E-state index contributed by atoms with van der Waals surface area (Å²) in [4.78, 5) is 32.4. The van der Waals surface area contributed by atoms with Gasteiger partial charge in [0, 0.05) is 40.4 Å². The lowest BCUT2D eigenvalue weighted by atomic mass is 10.0. The summed E-state index contributed by atoms with van der Waals surface area (Å²) in [5.41, 5.74) is 3.47. The van der Waals surface area contributed by atoms with E-state index in [-0.39, 0.29) is 11.8 Å². The molecule has 0 aliphatic carbocycles. The van der Waals surface area contributed by atoms with E-state index in [9.17, 15) is 9.59 Å². The molecule has 0 spiro atoms. The Morgan fingerprint density at radius 1 is 1.06 bits per heavy atom. The standard InChI is InChI=1S/C26H24N4O2S/c1-16-13-30(14-16)26(32)18-11-22(24(27-12-18)28-21-9-5-3-7-17(21)2)29-25(31)20-15-33-23-10-6-4-8-19(20)23/h3-12,15-16H,13-14H2,1-2H3,(H,27,28)(H,29,31). The fourth-order valence-corrected chi connectivity index (χ4v) is 4.95. The summed E-state index contributed by atoms with van der Waals surface area (Å²) in [7, 11) is 0. The molecule has 6 nitrogen and oxygen atoms in total. The van der Waals surface area contributed by atoms with E-state index in [1.165, 1.54) is 11.3 Å². The van der Waals surface area contributed by atoms with Crippen LogP contribution in [0.5, 0.6) is 0 Å². The highest BCUT2D eigenvalue weighted by Gasteiger charge is 2.28. The number of aryl methyl sites for hydroxylation is 1. The molecule has 166 valence electrons. The Morgan fingerprint density at radius 2 is 1.82 bits per heavy atom. The molecule has 1 fully saturated rings. The van der Waals surface area contributed by atoms with Gasteiger partial charge in [0.05, 0.1) is 16.8 Å². The minimum Gasteiger partial charge on any atom is -0.338 e. The van der Waals surface area contributed by atoms with Crippen molar-refractivity contribution in [3.8, 4) is 0 Å². The predicted molar refractivity (Wildman–Crippen MR) is 134 cm³/mol. The predicted octanol–water partition coefficient (Wildman–Crippen LogP) is 5.69. The molecule has 0 bridgehead atoms. The normalized spacial score (nSPS) is 13.6. The molecule has 0 radical (unpaired) electrons. The highest BCUT2D eigenvalue weighted by atomic mass is 32.1. The van der Waals surface area contributed by atoms with Crippen LogP contribution in [0, 0.1) is 12.8 Å². The van der Waals surface area contributed by atoms with E-state index in [1.54, 1.807) is 17.2 Å². The number of pyridine rings is 1. The molecule has 0 saturated carbocycles. The summed E-state index contributed by atoms with van der Waals surface area (Å²) < 4.78 is 1.05. The SMILES string of the molecule is Cc1ccccc1Nc1ncc(C(=O)N2CC(C)C2)cc1NC(=O)c1csc2ccccc12. The molecule has 3 heterocycles. The number of nitrogens with zero attached hydrogens (tertiary/aromatic N) is 2. The minimum absolute atomic E-state index is 0.0699. The molecule has 2 amide bonds. The molecule has 7 heteroatoms. The van der Waals surface area contributed by atoms with E-state index in [4.69, 9.17) is 0 Å². The Balaban J connectivity index is 1.49. The third-order valence-electron chi connectivity index (χ3n) is 5.86. The summed E-state index contributed by atoms with van der Waals surface area (Å²) >= 11 is 1.53. The summed E-state index contributed by atoms with van der Waals surface area (Å²) in [5.74, 6) is 0.699. The quantitative estimate of drug-likeness (QED) is 0.404. The Kier molecular flexibility index (Phi) is 5.56. The Labute approximate surface area is 196 Å². The topological polar surface area (TPSA) is 74.3 Å². The Bertz CT molecular complexity index is 1360. The molecule has 0 atom stereocenters. The van der Waals surface area contributed by atoms with Gasteiger partial charge in [-0.1, -0.05) is 43.3 Å². The maximum absolute atomic E-state index is 13.2. The molecule has 2 aromatic carbocycles. The van der Waals surface area contributed by atoms with Crippen molar-refractivity contribution >= 4 is 50.4 Å². The maximum Gasteiger partial charge on any atom is 0.257 e. The van der Waals surface area contributed by atoms with Crippen LogP contribution in [0.4, 0.5) is 17.2 Å². The van der Waals surface area contributed by atoms with E-state index < -0.39 is 0 Å². The molecule has 2 N–H and O–H groups in total. The fraction of sp³-hybridized carbons (Fsp3) is 0.192. The molecule has 2 aromatic heterocycles. The van der Waals surface area contributed by atoms with Crippen LogP contribution in [-0.2, 0) is 0 Å². The zero-order valence-electron chi connectivity index (χ0n) is 18.5. The van der Waals surface area contributed by atoms with Crippen LogP contribution in [0.3, 0.4) is 0 Å². The number of benzene rings is 2. The van der Waals surface area contributed by atoms with Crippen LogP contribution in [0.2, 0.25) is 0 Å². The van der Waals surface area contributed by atoms with Crippen LogP contribution in [0.25, 0.3) is 10.1 Å². The van der Waals surface area contributed by atoms with Gasteiger partial charge in [-0.2, -0.15) is 0 Å². The largest absolute Gasteiger partial charge is 0.338 e. The van der Waals surface area contributed by atoms with E-state index in [1.807, 2.05) is 60.8 Å². The molecule has 1 aliphatic rings. The average Bonchev–Trinajstić information content (AvgIpc) is 3.23. The van der Waals surface area contributed by atoms with Crippen molar-refractivity contribution in [2.75, 3.05) is 23.7 Å². The minimum atomic E-state index is -0.232. The van der Waals surface area contributed by atoms with Gasteiger partial charge in [0.25, 0.3) is 11.8 Å². The van der Waals surface area contributed by atoms with Gasteiger partial charge in [0.15, 0.2) is 5.82 Å². The molecular weight excluding hydrogens is 432 g/mol. The number of hydrogen-bond donors (Lipinski definition) is 2. The molecule has 4 aromatic rings. The summed E-state index contributed by atoms with van der Waals surface area (Å²) in [6.45, 7) is 5.60. The lowest BCUT2D eigenvalue weighted by Gasteiger charge is -2.37. The van der Waals surface area contributed by atoms with E-state index in [0.717, 1.165) is 34.4 Å². The highest BCUT2D eigenvalue weighted by molar-refractivity contribution is 7.17. The van der Waals surface area contributed by atoms with Gasteiger partial charge in [-0.15, -0.1) is 11.3 Å². The lowest BCUT2D eigenvalue weighted by Crippen LogP contribution is -2.48. The number of carbonyl (C=O) groups is 2. The first kappa shape index (κ1) is 21.2. The average molecular weight is 457 g/mol. The van der Waals surface area contributed by atoms with E-state index >= 15 is 0 Å². The number of thiophene rings is 1. The second kappa shape index (κ2) is 8.67. The number of anilines is 3. The van der Waals surface area contributed by atoms with Crippen LogP contribution in [0.1, 0.15) is 33.2 Å². The van der Waals surface area contributed by atoms with Gasteiger partial charge >= 0.3 is 0 Å². The molecule has 1 saturated heterocycles. The van der Waals surface area contributed by atoms with Gasteiger partial charge in [-0.25, -0.2) is 4.98 Å². The number of nitrogens with one attached hydrogen (secondary N) is 2. The van der Waals surface area contributed by atoms with Crippen molar-refractivity contribution in [3.63, 3.8) is 0 Å². The van der Waals surface area contributed by atoms with E-state index in [2.05, 4.69) is 22.5 Å². The third-order valence-corrected chi connectivity index (χ3v) is 6.82. The summed E-state index contributed by atoms with van der Waals surface area (Å²) in [6.07, 6.45) is 1.57. The lowest BCUT2D eigenvalue weighted by molar-refractivity contribution is 0.0530. The van der Waals surface area contributed by atoms with Crippen LogP contribution in [0.15, 0.2) is 66.2 Å². The smallest absolute Gasteiger partial charge is 0.257 e. The summed E-state index contributed by atoms with van der Waals surface area (Å²) in [6, 6.07) is 17.4. The Morgan fingerprint density at radius 3 is 2.61 bits per heavy atom. The number of carbonyl (C=O) groups excluding carboxylic acids is 2.